The van der Waals surface area contributed by atoms with Crippen molar-refractivity contribution in [3.05, 3.63) is 0 Å². The lowest BCUT2D eigenvalue weighted by atomic mass is 9.81. The summed E-state index contributed by atoms with van der Waals surface area (Å²) in [6, 6.07) is 0. The number of Topliss-reactive ketones (excluding diaryl/α,β-unsaturated/α-hetero) is 1. The minimum absolute atomic E-state index is 0.290. The summed E-state index contributed by atoms with van der Waals surface area (Å²) < 4.78 is 0. The van der Waals surface area contributed by atoms with Crippen molar-refractivity contribution in [2.24, 2.45) is 11.8 Å². The summed E-state index contributed by atoms with van der Waals surface area (Å²) >= 11 is 0. The lowest BCUT2D eigenvalue weighted by Crippen LogP contribution is -2.21. The average Bonchev–Trinajstić information content (AvgIpc) is 2.05. The van der Waals surface area contributed by atoms with Crippen LogP contribution in [0.2, 0.25) is 0 Å². The second kappa shape index (κ2) is 3.86. The summed E-state index contributed by atoms with van der Waals surface area (Å²) in [6.45, 7) is 1.97. The second-order valence-corrected chi connectivity index (χ2v) is 3.51. The van der Waals surface area contributed by atoms with Gasteiger partial charge in [0.15, 0.2) is 0 Å². The van der Waals surface area contributed by atoms with Crippen LogP contribution < -0.4 is 0 Å². The Morgan fingerprint density at radius 2 is 1.91 bits per heavy atom. The molecular weight excluding hydrogens is 140 g/mol. The fraction of sp³-hybridized carbons (Fsp3) is 0.889. The van der Waals surface area contributed by atoms with E-state index in [1.165, 1.54) is 0 Å². The summed E-state index contributed by atoms with van der Waals surface area (Å²) in [4.78, 5) is 10.9. The molecule has 0 amide bonds. The molecule has 0 aromatic heterocycles. The van der Waals surface area contributed by atoms with Crippen LogP contribution >= 0.6 is 0 Å². The summed E-state index contributed by atoms with van der Waals surface area (Å²) in [6.07, 6.45) is 4.03. The SMILES string of the molecule is CC(=O)[C@H]1CC[C@H](CO)CC1. The molecule has 0 unspecified atom stereocenters. The van der Waals surface area contributed by atoms with Crippen molar-refractivity contribution in [2.45, 2.75) is 32.6 Å². The number of aliphatic hydroxyl groups is 1. The van der Waals surface area contributed by atoms with E-state index in [1.54, 1.807) is 6.92 Å². The molecule has 1 rings (SSSR count). The largest absolute Gasteiger partial charge is 0.396 e. The first kappa shape index (κ1) is 8.72. The van der Waals surface area contributed by atoms with Crippen LogP contribution in [0.15, 0.2) is 0 Å². The van der Waals surface area contributed by atoms with Gasteiger partial charge in [0, 0.05) is 12.5 Å². The Morgan fingerprint density at radius 3 is 2.27 bits per heavy atom. The minimum Gasteiger partial charge on any atom is -0.396 e. The average molecular weight is 156 g/mol. The van der Waals surface area contributed by atoms with E-state index in [9.17, 15) is 4.79 Å². The number of hydrogen-bond donors (Lipinski definition) is 1. The highest BCUT2D eigenvalue weighted by molar-refractivity contribution is 5.78. The van der Waals surface area contributed by atoms with Crippen LogP contribution in [0.1, 0.15) is 32.6 Å². The van der Waals surface area contributed by atoms with Gasteiger partial charge in [0.25, 0.3) is 0 Å². The van der Waals surface area contributed by atoms with E-state index in [0.29, 0.717) is 18.3 Å². The van der Waals surface area contributed by atoms with Crippen LogP contribution in [0.3, 0.4) is 0 Å². The lowest BCUT2D eigenvalue weighted by molar-refractivity contribution is -0.122. The fourth-order valence-corrected chi connectivity index (χ4v) is 1.75. The Labute approximate surface area is 67.6 Å². The maximum Gasteiger partial charge on any atom is 0.132 e. The molecule has 1 N–H and O–H groups in total. The van der Waals surface area contributed by atoms with Crippen LogP contribution in [0, 0.1) is 11.8 Å². The number of rotatable bonds is 2. The van der Waals surface area contributed by atoms with E-state index < -0.39 is 0 Å². The van der Waals surface area contributed by atoms with Crippen LogP contribution in [-0.4, -0.2) is 17.5 Å². The standard InChI is InChI=1S/C9H16O2/c1-7(11)9-4-2-8(6-10)3-5-9/h8-10H,2-6H2,1H3/t8-,9-. The molecule has 64 valence electrons. The molecule has 2 heteroatoms. The zero-order chi connectivity index (χ0) is 8.27. The van der Waals surface area contributed by atoms with Crippen LogP contribution in [0.25, 0.3) is 0 Å². The molecule has 0 aliphatic heterocycles. The third kappa shape index (κ3) is 2.29. The second-order valence-electron chi connectivity index (χ2n) is 3.51. The summed E-state index contributed by atoms with van der Waals surface area (Å²) in [5.74, 6) is 1.07. The number of hydrogen-bond acceptors (Lipinski definition) is 2. The summed E-state index contributed by atoms with van der Waals surface area (Å²) in [5.41, 5.74) is 0. The number of ketones is 1. The van der Waals surface area contributed by atoms with Gasteiger partial charge in [-0.3, -0.25) is 4.79 Å². The molecule has 1 aliphatic carbocycles. The van der Waals surface area contributed by atoms with Gasteiger partial charge < -0.3 is 5.11 Å². The molecule has 0 bridgehead atoms. The van der Waals surface area contributed by atoms with Crippen molar-refractivity contribution in [3.8, 4) is 0 Å². The van der Waals surface area contributed by atoms with Gasteiger partial charge in [-0.05, 0) is 38.5 Å². The molecule has 0 aromatic carbocycles. The topological polar surface area (TPSA) is 37.3 Å². The van der Waals surface area contributed by atoms with E-state index in [1.807, 2.05) is 0 Å². The molecule has 1 aliphatic rings. The first-order chi connectivity index (χ1) is 5.24. The molecule has 1 fully saturated rings. The fourth-order valence-electron chi connectivity index (χ4n) is 1.75. The molecule has 1 saturated carbocycles. The third-order valence-corrected chi connectivity index (χ3v) is 2.68. The van der Waals surface area contributed by atoms with Crippen molar-refractivity contribution in [1.82, 2.24) is 0 Å². The number of carbonyl (C=O) groups excluding carboxylic acids is 1. The molecule has 0 spiro atoms. The van der Waals surface area contributed by atoms with Crippen molar-refractivity contribution < 1.29 is 9.90 Å². The van der Waals surface area contributed by atoms with E-state index in [4.69, 9.17) is 5.11 Å². The summed E-state index contributed by atoms with van der Waals surface area (Å²) in [7, 11) is 0. The maximum atomic E-state index is 10.9. The Morgan fingerprint density at radius 1 is 1.36 bits per heavy atom. The Hall–Kier alpha value is -0.370. The van der Waals surface area contributed by atoms with Crippen LogP contribution in [0.5, 0.6) is 0 Å². The molecule has 11 heavy (non-hydrogen) atoms. The van der Waals surface area contributed by atoms with E-state index >= 15 is 0 Å². The molecule has 0 atom stereocenters. The monoisotopic (exact) mass is 156 g/mol. The van der Waals surface area contributed by atoms with Crippen LogP contribution in [-0.2, 0) is 4.79 Å². The van der Waals surface area contributed by atoms with Gasteiger partial charge in [-0.15, -0.1) is 0 Å². The van der Waals surface area contributed by atoms with Gasteiger partial charge in [-0.1, -0.05) is 0 Å². The quantitative estimate of drug-likeness (QED) is 0.655. The van der Waals surface area contributed by atoms with Crippen molar-refractivity contribution >= 4 is 5.78 Å². The first-order valence-electron chi connectivity index (χ1n) is 4.35. The van der Waals surface area contributed by atoms with Gasteiger partial charge >= 0.3 is 0 Å². The zero-order valence-electron chi connectivity index (χ0n) is 7.05. The normalized spacial score (nSPS) is 31.8. The highest BCUT2D eigenvalue weighted by atomic mass is 16.3. The Bertz CT molecular complexity index is 134. The highest BCUT2D eigenvalue weighted by Gasteiger charge is 2.22. The maximum absolute atomic E-state index is 10.9. The zero-order valence-corrected chi connectivity index (χ0v) is 7.05. The van der Waals surface area contributed by atoms with Gasteiger partial charge in [0.1, 0.15) is 5.78 Å². The van der Waals surface area contributed by atoms with Gasteiger partial charge in [-0.2, -0.15) is 0 Å². The first-order valence-corrected chi connectivity index (χ1v) is 4.35. The van der Waals surface area contributed by atoms with E-state index in [0.717, 1.165) is 25.7 Å². The van der Waals surface area contributed by atoms with Gasteiger partial charge in [0.05, 0.1) is 0 Å². The molecule has 0 saturated heterocycles. The molecular formula is C9H16O2. The van der Waals surface area contributed by atoms with E-state index in [-0.39, 0.29) is 5.92 Å². The predicted molar refractivity (Wildman–Crippen MR) is 43.2 cm³/mol. The predicted octanol–water partition coefficient (Wildman–Crippen LogP) is 1.37. The van der Waals surface area contributed by atoms with Gasteiger partial charge in [0.2, 0.25) is 0 Å². The molecule has 0 heterocycles. The number of aliphatic hydroxyl groups excluding tert-OH is 1. The smallest absolute Gasteiger partial charge is 0.132 e. The van der Waals surface area contributed by atoms with Crippen molar-refractivity contribution in [3.63, 3.8) is 0 Å². The third-order valence-electron chi connectivity index (χ3n) is 2.68. The van der Waals surface area contributed by atoms with Crippen molar-refractivity contribution in [1.29, 1.82) is 0 Å². The van der Waals surface area contributed by atoms with Gasteiger partial charge in [-0.25, -0.2) is 0 Å². The van der Waals surface area contributed by atoms with Crippen molar-refractivity contribution in [2.75, 3.05) is 6.61 Å². The Kier molecular flexibility index (Phi) is 3.06. The minimum atomic E-state index is 0.290. The molecule has 0 aromatic rings. The Balaban J connectivity index is 2.30. The van der Waals surface area contributed by atoms with Crippen LogP contribution in [0.4, 0.5) is 0 Å². The lowest BCUT2D eigenvalue weighted by Gasteiger charge is -2.25. The number of carbonyl (C=O) groups is 1. The molecule has 2 nitrogen and oxygen atoms in total. The summed E-state index contributed by atoms with van der Waals surface area (Å²) in [5, 5.41) is 8.83. The molecule has 0 radical (unpaired) electrons. The van der Waals surface area contributed by atoms with E-state index in [2.05, 4.69) is 0 Å². The highest BCUT2D eigenvalue weighted by Crippen LogP contribution is 2.28.